The summed E-state index contributed by atoms with van der Waals surface area (Å²) in [5.74, 6) is -1.63. The van der Waals surface area contributed by atoms with E-state index in [1.165, 1.54) is 22.1 Å². The number of amides is 2. The largest absolute Gasteiger partial charge is 0.345 e. The molecule has 0 saturated carbocycles. The van der Waals surface area contributed by atoms with E-state index in [2.05, 4.69) is 9.97 Å². The van der Waals surface area contributed by atoms with Crippen molar-refractivity contribution >= 4 is 46.5 Å². The van der Waals surface area contributed by atoms with Crippen LogP contribution in [0.5, 0.6) is 0 Å². The molecule has 10 heteroatoms. The average Bonchev–Trinajstić information content (AvgIpc) is 2.79. The Hall–Kier alpha value is -3.49. The van der Waals surface area contributed by atoms with E-state index in [4.69, 9.17) is 23.2 Å². The molecule has 2 aromatic carbocycles. The van der Waals surface area contributed by atoms with Crippen LogP contribution in [0, 0.1) is 0 Å². The Bertz CT molecular complexity index is 1270. The van der Waals surface area contributed by atoms with Gasteiger partial charge in [-0.1, -0.05) is 35.3 Å². The summed E-state index contributed by atoms with van der Waals surface area (Å²) in [5, 5.41) is 0.686. The topological polar surface area (TPSA) is 103 Å². The first-order valence-electron chi connectivity index (χ1n) is 9.80. The van der Waals surface area contributed by atoms with Gasteiger partial charge in [0.2, 0.25) is 11.7 Å². The summed E-state index contributed by atoms with van der Waals surface area (Å²) in [7, 11) is 3.25. The third kappa shape index (κ3) is 6.06. The lowest BCUT2D eigenvalue weighted by atomic mass is 10.1. The lowest BCUT2D eigenvalue weighted by molar-refractivity contribution is -0.117. The van der Waals surface area contributed by atoms with Crippen LogP contribution in [0.4, 0.5) is 5.69 Å². The van der Waals surface area contributed by atoms with E-state index < -0.39 is 23.7 Å². The number of hydrogen-bond acceptors (Lipinski definition) is 5. The van der Waals surface area contributed by atoms with Crippen LogP contribution in [-0.2, 0) is 11.3 Å². The van der Waals surface area contributed by atoms with E-state index >= 15 is 0 Å². The lowest BCUT2D eigenvalue weighted by Crippen LogP contribution is -2.33. The monoisotopic (exact) mass is 486 g/mol. The van der Waals surface area contributed by atoms with Crippen molar-refractivity contribution in [2.45, 2.75) is 13.0 Å². The van der Waals surface area contributed by atoms with E-state index in [0.29, 0.717) is 26.9 Å². The first kappa shape index (κ1) is 24.2. The van der Waals surface area contributed by atoms with E-state index in [-0.39, 0.29) is 18.3 Å². The molecule has 0 saturated heterocycles. The normalized spacial score (nSPS) is 10.5. The zero-order valence-corrected chi connectivity index (χ0v) is 19.4. The molecule has 8 nitrogen and oxygen atoms in total. The number of benzene rings is 2. The molecule has 0 unspecified atom stereocenters. The Kier molecular flexibility index (Phi) is 7.63. The maximum atomic E-state index is 13.2. The van der Waals surface area contributed by atoms with Crippen molar-refractivity contribution in [3.63, 3.8) is 0 Å². The van der Waals surface area contributed by atoms with E-state index in [1.807, 2.05) is 0 Å². The molecule has 0 spiro atoms. The van der Waals surface area contributed by atoms with Crippen molar-refractivity contribution in [2.75, 3.05) is 19.0 Å². The molecule has 0 radical (unpaired) electrons. The molecule has 3 rings (SSSR count). The number of anilines is 1. The molecule has 1 aromatic heterocycles. The van der Waals surface area contributed by atoms with Gasteiger partial charge in [-0.15, -0.1) is 0 Å². The quantitative estimate of drug-likeness (QED) is 0.405. The predicted molar refractivity (Wildman–Crippen MR) is 126 cm³/mol. The second kappa shape index (κ2) is 10.4. The first-order valence-corrected chi connectivity index (χ1v) is 10.6. The van der Waals surface area contributed by atoms with Gasteiger partial charge in [-0.25, -0.2) is 4.98 Å². The van der Waals surface area contributed by atoms with Gasteiger partial charge in [0.1, 0.15) is 0 Å². The molecule has 33 heavy (non-hydrogen) atoms. The van der Waals surface area contributed by atoms with Gasteiger partial charge >= 0.3 is 0 Å². The Morgan fingerprint density at radius 3 is 2.42 bits per heavy atom. The molecule has 0 bridgehead atoms. The highest BCUT2D eigenvalue weighted by atomic mass is 35.5. The number of nitrogens with zero attached hydrogens (tertiary/aromatic N) is 3. The Labute approximate surface area is 199 Å². The first-order chi connectivity index (χ1) is 15.7. The summed E-state index contributed by atoms with van der Waals surface area (Å²) in [6, 6.07) is 12.6. The van der Waals surface area contributed by atoms with E-state index in [1.54, 1.807) is 56.6 Å². The van der Waals surface area contributed by atoms with Crippen molar-refractivity contribution in [1.82, 2.24) is 14.9 Å². The van der Waals surface area contributed by atoms with Crippen LogP contribution in [0.3, 0.4) is 0 Å². The lowest BCUT2D eigenvalue weighted by Gasteiger charge is -2.24. The number of Topliss-reactive ketones (excluding diaryl/α,β-unsaturated/α-hetero) is 1. The smallest absolute Gasteiger partial charge is 0.253 e. The number of aromatic nitrogens is 2. The molecule has 170 valence electrons. The van der Waals surface area contributed by atoms with Gasteiger partial charge in [0, 0.05) is 37.6 Å². The summed E-state index contributed by atoms with van der Waals surface area (Å²) >= 11 is 12.1. The number of rotatable bonds is 7. The number of ketones is 1. The summed E-state index contributed by atoms with van der Waals surface area (Å²) in [5.41, 5.74) is 0.968. The summed E-state index contributed by atoms with van der Waals surface area (Å²) < 4.78 is 0. The minimum atomic E-state index is -0.641. The Balaban J connectivity index is 1.96. The highest BCUT2D eigenvalue weighted by molar-refractivity contribution is 6.42. The number of hydrogen-bond donors (Lipinski definition) is 1. The van der Waals surface area contributed by atoms with Gasteiger partial charge in [0.15, 0.2) is 5.82 Å². The van der Waals surface area contributed by atoms with E-state index in [9.17, 15) is 19.2 Å². The second-order valence-electron chi connectivity index (χ2n) is 7.36. The predicted octanol–water partition coefficient (Wildman–Crippen LogP) is 3.58. The number of nitrogens with one attached hydrogen (secondary N) is 1. The fraction of sp³-hybridized carbons (Fsp3) is 0.174. The second-order valence-corrected chi connectivity index (χ2v) is 8.18. The van der Waals surface area contributed by atoms with Crippen LogP contribution in [0.15, 0.2) is 59.5 Å². The van der Waals surface area contributed by atoms with Crippen LogP contribution >= 0.6 is 23.2 Å². The number of aromatic amines is 1. The van der Waals surface area contributed by atoms with Crippen LogP contribution in [0.1, 0.15) is 33.0 Å². The van der Waals surface area contributed by atoms with Crippen molar-refractivity contribution in [3.05, 3.63) is 92.1 Å². The van der Waals surface area contributed by atoms with Gasteiger partial charge < -0.3 is 14.8 Å². The molecular weight excluding hydrogens is 467 g/mol. The standard InChI is InChI=1S/C23H20Cl2N4O4/c1-28(2)23(33)15-4-3-5-16(11-15)29(13-14-6-7-17(24)18(25)10-14)21(32)12-19(30)22-26-9-8-20(31)27-22/h3-11H,12-13H2,1-2H3,(H,26,27,31). The highest BCUT2D eigenvalue weighted by Gasteiger charge is 2.23. The zero-order chi connectivity index (χ0) is 24.1. The average molecular weight is 487 g/mol. The van der Waals surface area contributed by atoms with Crippen LogP contribution in [-0.4, -0.2) is 46.6 Å². The maximum absolute atomic E-state index is 13.2. The molecule has 2 amide bonds. The third-order valence-corrected chi connectivity index (χ3v) is 5.42. The molecule has 1 N–H and O–H groups in total. The molecule has 0 aliphatic heterocycles. The van der Waals surface area contributed by atoms with Crippen molar-refractivity contribution in [1.29, 1.82) is 0 Å². The molecule has 1 heterocycles. The summed E-state index contributed by atoms with van der Waals surface area (Å²) in [4.78, 5) is 58.6. The fourth-order valence-electron chi connectivity index (χ4n) is 3.04. The SMILES string of the molecule is CN(C)C(=O)c1cccc(N(Cc2ccc(Cl)c(Cl)c2)C(=O)CC(=O)c2nccc(=O)[nH]2)c1. The molecule has 0 aliphatic carbocycles. The van der Waals surface area contributed by atoms with Crippen LogP contribution in [0.25, 0.3) is 0 Å². The number of halogens is 2. The van der Waals surface area contributed by atoms with Gasteiger partial charge in [-0.2, -0.15) is 0 Å². The zero-order valence-electron chi connectivity index (χ0n) is 17.8. The van der Waals surface area contributed by atoms with Gasteiger partial charge in [-0.05, 0) is 35.9 Å². The Morgan fingerprint density at radius 1 is 1.00 bits per heavy atom. The highest BCUT2D eigenvalue weighted by Crippen LogP contribution is 2.26. The fourth-order valence-corrected chi connectivity index (χ4v) is 3.36. The summed E-state index contributed by atoms with van der Waals surface area (Å²) in [6.45, 7) is 0.0708. The van der Waals surface area contributed by atoms with Crippen molar-refractivity contribution in [2.24, 2.45) is 0 Å². The third-order valence-electron chi connectivity index (χ3n) is 4.68. The van der Waals surface area contributed by atoms with Gasteiger partial charge in [0.05, 0.1) is 23.0 Å². The molecular formula is C23H20Cl2N4O4. The molecule has 3 aromatic rings. The minimum absolute atomic E-state index is 0.0708. The van der Waals surface area contributed by atoms with Crippen molar-refractivity contribution < 1.29 is 14.4 Å². The molecule has 0 atom stereocenters. The van der Waals surface area contributed by atoms with Gasteiger partial charge in [0.25, 0.3) is 11.5 Å². The van der Waals surface area contributed by atoms with Crippen LogP contribution < -0.4 is 10.5 Å². The minimum Gasteiger partial charge on any atom is -0.345 e. The molecule has 0 aliphatic rings. The number of H-pyrrole nitrogens is 1. The van der Waals surface area contributed by atoms with Crippen molar-refractivity contribution in [3.8, 4) is 0 Å². The molecule has 0 fully saturated rings. The summed E-state index contributed by atoms with van der Waals surface area (Å²) in [6.07, 6.45) is 0.653. The van der Waals surface area contributed by atoms with E-state index in [0.717, 1.165) is 0 Å². The number of carbonyl (C=O) groups excluding carboxylic acids is 3. The van der Waals surface area contributed by atoms with Crippen LogP contribution in [0.2, 0.25) is 10.0 Å². The number of carbonyl (C=O) groups is 3. The van der Waals surface area contributed by atoms with Gasteiger partial charge in [-0.3, -0.25) is 19.2 Å². The Morgan fingerprint density at radius 2 is 1.76 bits per heavy atom. The maximum Gasteiger partial charge on any atom is 0.253 e.